The van der Waals surface area contributed by atoms with Crippen molar-refractivity contribution in [2.45, 2.75) is 33.7 Å². The van der Waals surface area contributed by atoms with Gasteiger partial charge in [0.05, 0.1) is 0 Å². The highest BCUT2D eigenvalue weighted by atomic mass is 15.1. The zero-order valence-electron chi connectivity index (χ0n) is 9.30. The zero-order valence-corrected chi connectivity index (χ0v) is 9.30. The van der Waals surface area contributed by atoms with Crippen LogP contribution < -0.4 is 0 Å². The Hall–Kier alpha value is -0.890. The average Bonchev–Trinajstić information content (AvgIpc) is 2.19. The number of nitrogens with zero attached hydrogens (tertiary/aromatic N) is 2. The molecule has 0 aromatic carbocycles. The summed E-state index contributed by atoms with van der Waals surface area (Å²) in [6, 6.07) is 2.31. The highest BCUT2D eigenvalue weighted by Crippen LogP contribution is 2.19. The van der Waals surface area contributed by atoms with Gasteiger partial charge in [0.15, 0.2) is 0 Å². The Balaban J connectivity index is 2.33. The lowest BCUT2D eigenvalue weighted by Crippen LogP contribution is -2.31. The summed E-state index contributed by atoms with van der Waals surface area (Å²) in [7, 11) is 0. The molecule has 14 heavy (non-hydrogen) atoms. The van der Waals surface area contributed by atoms with E-state index in [0.717, 1.165) is 19.5 Å². The Bertz CT molecular complexity index is 344. The van der Waals surface area contributed by atoms with E-state index in [1.807, 2.05) is 0 Å². The van der Waals surface area contributed by atoms with Crippen LogP contribution in [0.1, 0.15) is 29.4 Å². The van der Waals surface area contributed by atoms with Crippen LogP contribution in [0.5, 0.6) is 0 Å². The Labute approximate surface area is 86.0 Å². The normalized spacial score (nSPS) is 16.8. The number of fused-ring (bicyclic) bond motifs is 1. The maximum Gasteiger partial charge on any atom is 0.0464 e. The number of hydrogen-bond donors (Lipinski definition) is 0. The Morgan fingerprint density at radius 1 is 1.43 bits per heavy atom. The van der Waals surface area contributed by atoms with Crippen LogP contribution in [0.2, 0.25) is 0 Å². The molecule has 0 saturated carbocycles. The summed E-state index contributed by atoms with van der Waals surface area (Å²) in [5.74, 6) is 0. The minimum atomic E-state index is 1.08. The number of hydrogen-bond acceptors (Lipinski definition) is 2. The third-order valence-corrected chi connectivity index (χ3v) is 3.14. The van der Waals surface area contributed by atoms with Crippen LogP contribution in [0.4, 0.5) is 0 Å². The van der Waals surface area contributed by atoms with E-state index in [9.17, 15) is 0 Å². The van der Waals surface area contributed by atoms with Crippen molar-refractivity contribution in [1.29, 1.82) is 0 Å². The maximum absolute atomic E-state index is 4.66. The van der Waals surface area contributed by atoms with E-state index in [-0.39, 0.29) is 0 Å². The third-order valence-electron chi connectivity index (χ3n) is 3.14. The summed E-state index contributed by atoms with van der Waals surface area (Å²) in [4.78, 5) is 7.13. The van der Waals surface area contributed by atoms with Gasteiger partial charge in [-0.15, -0.1) is 0 Å². The van der Waals surface area contributed by atoms with E-state index >= 15 is 0 Å². The first kappa shape index (κ1) is 9.66. The first-order chi connectivity index (χ1) is 6.70. The SMILES string of the molecule is CCN1CCc2nc(C)c(C)cc2C1. The van der Waals surface area contributed by atoms with Crippen molar-refractivity contribution in [3.05, 3.63) is 28.6 Å². The fourth-order valence-electron chi connectivity index (χ4n) is 2.02. The molecular formula is C12H18N2. The summed E-state index contributed by atoms with van der Waals surface area (Å²) in [5.41, 5.74) is 5.26. The number of aromatic nitrogens is 1. The molecule has 76 valence electrons. The van der Waals surface area contributed by atoms with Gasteiger partial charge in [0, 0.05) is 30.9 Å². The van der Waals surface area contributed by atoms with E-state index in [2.05, 4.69) is 36.7 Å². The summed E-state index contributed by atoms with van der Waals surface area (Å²) < 4.78 is 0. The number of rotatable bonds is 1. The summed E-state index contributed by atoms with van der Waals surface area (Å²) in [6.45, 7) is 9.86. The highest BCUT2D eigenvalue weighted by Gasteiger charge is 2.16. The molecule has 2 rings (SSSR count). The van der Waals surface area contributed by atoms with Crippen molar-refractivity contribution in [2.24, 2.45) is 0 Å². The largest absolute Gasteiger partial charge is 0.299 e. The topological polar surface area (TPSA) is 16.1 Å². The molecule has 0 N–H and O–H groups in total. The van der Waals surface area contributed by atoms with Gasteiger partial charge in [0.1, 0.15) is 0 Å². The van der Waals surface area contributed by atoms with Gasteiger partial charge in [-0.1, -0.05) is 13.0 Å². The van der Waals surface area contributed by atoms with Crippen molar-refractivity contribution in [3.63, 3.8) is 0 Å². The van der Waals surface area contributed by atoms with Gasteiger partial charge in [-0.25, -0.2) is 0 Å². The average molecular weight is 190 g/mol. The van der Waals surface area contributed by atoms with Crippen LogP contribution >= 0.6 is 0 Å². The Kier molecular flexibility index (Phi) is 2.55. The van der Waals surface area contributed by atoms with Crippen molar-refractivity contribution in [2.75, 3.05) is 13.1 Å². The quantitative estimate of drug-likeness (QED) is 0.674. The molecule has 0 bridgehead atoms. The molecule has 1 aliphatic heterocycles. The van der Waals surface area contributed by atoms with Crippen molar-refractivity contribution < 1.29 is 0 Å². The van der Waals surface area contributed by atoms with Crippen molar-refractivity contribution in [3.8, 4) is 0 Å². The minimum Gasteiger partial charge on any atom is -0.299 e. The first-order valence-corrected chi connectivity index (χ1v) is 5.39. The number of pyridine rings is 1. The molecule has 1 aromatic heterocycles. The fraction of sp³-hybridized carbons (Fsp3) is 0.583. The van der Waals surface area contributed by atoms with Crippen LogP contribution in [-0.4, -0.2) is 23.0 Å². The van der Waals surface area contributed by atoms with Gasteiger partial charge in [0.2, 0.25) is 0 Å². The van der Waals surface area contributed by atoms with Crippen LogP contribution in [0, 0.1) is 13.8 Å². The summed E-state index contributed by atoms with van der Waals surface area (Å²) >= 11 is 0. The Morgan fingerprint density at radius 3 is 2.93 bits per heavy atom. The Morgan fingerprint density at radius 2 is 2.21 bits per heavy atom. The standard InChI is InChI=1S/C12H18N2/c1-4-14-6-5-12-11(8-14)7-9(2)10(3)13-12/h7H,4-6,8H2,1-3H3. The molecule has 1 aliphatic rings. The molecule has 0 spiro atoms. The van der Waals surface area contributed by atoms with E-state index in [1.54, 1.807) is 0 Å². The third kappa shape index (κ3) is 1.67. The van der Waals surface area contributed by atoms with Crippen LogP contribution in [-0.2, 0) is 13.0 Å². The van der Waals surface area contributed by atoms with E-state index in [1.165, 1.54) is 29.1 Å². The lowest BCUT2D eigenvalue weighted by atomic mass is 10.0. The van der Waals surface area contributed by atoms with Gasteiger partial charge in [-0.05, 0) is 31.5 Å². The first-order valence-electron chi connectivity index (χ1n) is 5.39. The number of aryl methyl sites for hydroxylation is 2. The van der Waals surface area contributed by atoms with E-state index in [4.69, 9.17) is 0 Å². The second-order valence-corrected chi connectivity index (χ2v) is 4.12. The molecule has 0 radical (unpaired) electrons. The van der Waals surface area contributed by atoms with Crippen molar-refractivity contribution in [1.82, 2.24) is 9.88 Å². The lowest BCUT2D eigenvalue weighted by molar-refractivity contribution is 0.265. The molecule has 0 saturated heterocycles. The molecule has 0 fully saturated rings. The second kappa shape index (κ2) is 3.70. The van der Waals surface area contributed by atoms with Gasteiger partial charge in [-0.2, -0.15) is 0 Å². The molecule has 1 aromatic rings. The molecule has 0 unspecified atom stereocenters. The van der Waals surface area contributed by atoms with Gasteiger partial charge < -0.3 is 0 Å². The van der Waals surface area contributed by atoms with E-state index in [0.29, 0.717) is 0 Å². The number of likely N-dealkylation sites (N-methyl/N-ethyl adjacent to an activating group) is 1. The molecule has 2 nitrogen and oxygen atoms in total. The monoisotopic (exact) mass is 190 g/mol. The predicted molar refractivity (Wildman–Crippen MR) is 58.4 cm³/mol. The highest BCUT2D eigenvalue weighted by molar-refractivity contribution is 5.30. The van der Waals surface area contributed by atoms with E-state index < -0.39 is 0 Å². The smallest absolute Gasteiger partial charge is 0.0464 e. The van der Waals surface area contributed by atoms with Crippen molar-refractivity contribution >= 4 is 0 Å². The maximum atomic E-state index is 4.66. The van der Waals surface area contributed by atoms with Crippen LogP contribution in [0.3, 0.4) is 0 Å². The lowest BCUT2D eigenvalue weighted by Gasteiger charge is -2.27. The minimum absolute atomic E-state index is 1.08. The van der Waals surface area contributed by atoms with Crippen LogP contribution in [0.25, 0.3) is 0 Å². The van der Waals surface area contributed by atoms with Gasteiger partial charge in [-0.3, -0.25) is 9.88 Å². The fourth-order valence-corrected chi connectivity index (χ4v) is 2.02. The molecule has 2 heterocycles. The molecule has 2 heteroatoms. The molecule has 0 amide bonds. The predicted octanol–water partition coefficient (Wildman–Crippen LogP) is 2.08. The molecular weight excluding hydrogens is 172 g/mol. The molecule has 0 aliphatic carbocycles. The zero-order chi connectivity index (χ0) is 10.1. The molecule has 0 atom stereocenters. The van der Waals surface area contributed by atoms with Gasteiger partial charge >= 0.3 is 0 Å². The second-order valence-electron chi connectivity index (χ2n) is 4.12. The summed E-state index contributed by atoms with van der Waals surface area (Å²) in [5, 5.41) is 0. The van der Waals surface area contributed by atoms with Crippen LogP contribution in [0.15, 0.2) is 6.07 Å². The summed E-state index contributed by atoms with van der Waals surface area (Å²) in [6.07, 6.45) is 1.12. The van der Waals surface area contributed by atoms with Gasteiger partial charge in [0.25, 0.3) is 0 Å².